The molecule has 1 saturated heterocycles. The fourth-order valence-electron chi connectivity index (χ4n) is 2.44. The van der Waals surface area contributed by atoms with Gasteiger partial charge in [0, 0.05) is 26.7 Å². The number of aromatic nitrogens is 1. The number of nitrogens with zero attached hydrogens (tertiary/aromatic N) is 2. The van der Waals surface area contributed by atoms with Gasteiger partial charge in [-0.1, -0.05) is 6.92 Å². The highest BCUT2D eigenvalue weighted by Gasteiger charge is 2.11. The van der Waals surface area contributed by atoms with E-state index in [1.54, 1.807) is 7.11 Å². The largest absolute Gasteiger partial charge is 0.384 e. The molecule has 1 aromatic heterocycles. The van der Waals surface area contributed by atoms with Crippen LogP contribution in [0.2, 0.25) is 0 Å². The Morgan fingerprint density at radius 1 is 1.32 bits per heavy atom. The van der Waals surface area contributed by atoms with Gasteiger partial charge in [0.15, 0.2) is 0 Å². The molecule has 1 atom stereocenters. The van der Waals surface area contributed by atoms with E-state index in [-0.39, 0.29) is 0 Å². The Morgan fingerprint density at radius 3 is 2.74 bits per heavy atom. The van der Waals surface area contributed by atoms with E-state index in [9.17, 15) is 0 Å². The van der Waals surface area contributed by atoms with Crippen LogP contribution in [0, 0.1) is 5.92 Å². The van der Waals surface area contributed by atoms with Crippen LogP contribution in [0.1, 0.15) is 26.2 Å². The maximum atomic E-state index is 5.13. The van der Waals surface area contributed by atoms with E-state index in [0.717, 1.165) is 37.7 Å². The minimum Gasteiger partial charge on any atom is -0.384 e. The van der Waals surface area contributed by atoms with Crippen LogP contribution < -0.4 is 10.2 Å². The summed E-state index contributed by atoms with van der Waals surface area (Å²) in [6.07, 6.45) is 5.86. The molecule has 0 saturated carbocycles. The zero-order valence-electron chi connectivity index (χ0n) is 12.1. The smallest absolute Gasteiger partial charge is 0.128 e. The van der Waals surface area contributed by atoms with Gasteiger partial charge in [0.05, 0.1) is 18.5 Å². The fourth-order valence-corrected chi connectivity index (χ4v) is 2.44. The van der Waals surface area contributed by atoms with Gasteiger partial charge in [-0.2, -0.15) is 0 Å². The highest BCUT2D eigenvalue weighted by molar-refractivity contribution is 5.48. The molecule has 4 nitrogen and oxygen atoms in total. The highest BCUT2D eigenvalue weighted by Crippen LogP contribution is 2.19. The third-order valence-electron chi connectivity index (χ3n) is 3.53. The lowest BCUT2D eigenvalue weighted by molar-refractivity contribution is 0.164. The van der Waals surface area contributed by atoms with Crippen LogP contribution in [0.5, 0.6) is 0 Å². The molecule has 19 heavy (non-hydrogen) atoms. The summed E-state index contributed by atoms with van der Waals surface area (Å²) in [7, 11) is 1.74. The van der Waals surface area contributed by atoms with Crippen LogP contribution in [0.3, 0.4) is 0 Å². The number of hydrogen-bond acceptors (Lipinski definition) is 4. The molecule has 0 bridgehead atoms. The molecule has 0 amide bonds. The topological polar surface area (TPSA) is 37.4 Å². The van der Waals surface area contributed by atoms with E-state index in [0.29, 0.717) is 5.92 Å². The maximum absolute atomic E-state index is 5.13. The van der Waals surface area contributed by atoms with E-state index in [1.807, 2.05) is 6.20 Å². The van der Waals surface area contributed by atoms with E-state index in [4.69, 9.17) is 4.74 Å². The first-order valence-corrected chi connectivity index (χ1v) is 7.23. The third kappa shape index (κ3) is 4.39. The lowest BCUT2D eigenvalue weighted by Crippen LogP contribution is -2.30. The molecule has 4 heteroatoms. The summed E-state index contributed by atoms with van der Waals surface area (Å²) >= 11 is 0. The van der Waals surface area contributed by atoms with Crippen molar-refractivity contribution in [2.45, 2.75) is 26.2 Å². The second-order valence-corrected chi connectivity index (χ2v) is 5.39. The molecule has 1 aliphatic heterocycles. The predicted octanol–water partition coefficient (Wildman–Crippen LogP) is 2.77. The van der Waals surface area contributed by atoms with Crippen molar-refractivity contribution in [1.29, 1.82) is 0 Å². The predicted molar refractivity (Wildman–Crippen MR) is 79.8 cm³/mol. The number of piperidine rings is 1. The number of rotatable bonds is 6. The Hall–Kier alpha value is -1.29. The molecule has 2 rings (SSSR count). The molecule has 1 aliphatic rings. The molecule has 0 aromatic carbocycles. The molecule has 1 aromatic rings. The third-order valence-corrected chi connectivity index (χ3v) is 3.53. The molecule has 106 valence electrons. The molecule has 1 N–H and O–H groups in total. The summed E-state index contributed by atoms with van der Waals surface area (Å²) in [5.41, 5.74) is 1.09. The van der Waals surface area contributed by atoms with Crippen molar-refractivity contribution < 1.29 is 4.74 Å². The number of hydrogen-bond donors (Lipinski definition) is 1. The zero-order valence-corrected chi connectivity index (χ0v) is 12.1. The monoisotopic (exact) mass is 263 g/mol. The number of anilines is 2. The molecule has 1 unspecified atom stereocenters. The van der Waals surface area contributed by atoms with Crippen molar-refractivity contribution in [2.24, 2.45) is 5.92 Å². The van der Waals surface area contributed by atoms with Crippen molar-refractivity contribution in [3.05, 3.63) is 18.3 Å². The normalized spacial score (nSPS) is 17.3. The number of pyridine rings is 1. The molecule has 0 radical (unpaired) electrons. The number of ether oxygens (including phenoxy) is 1. The Kier molecular flexibility index (Phi) is 5.45. The van der Waals surface area contributed by atoms with Gasteiger partial charge in [-0.3, -0.25) is 0 Å². The second kappa shape index (κ2) is 7.34. The summed E-state index contributed by atoms with van der Waals surface area (Å²) in [6, 6.07) is 4.24. The molecule has 1 fully saturated rings. The molecule has 2 heterocycles. The quantitative estimate of drug-likeness (QED) is 0.856. The van der Waals surface area contributed by atoms with Gasteiger partial charge < -0.3 is 15.0 Å². The first-order valence-electron chi connectivity index (χ1n) is 7.23. The Balaban J connectivity index is 1.83. The van der Waals surface area contributed by atoms with Crippen molar-refractivity contribution in [1.82, 2.24) is 4.98 Å². The van der Waals surface area contributed by atoms with Gasteiger partial charge in [-0.15, -0.1) is 0 Å². The number of methoxy groups -OCH3 is 1. The lowest BCUT2D eigenvalue weighted by Gasteiger charge is -2.27. The zero-order chi connectivity index (χ0) is 13.5. The van der Waals surface area contributed by atoms with E-state index >= 15 is 0 Å². The SMILES string of the molecule is COCC(C)CNc1ccc(N2CCCCC2)nc1. The van der Waals surface area contributed by atoms with Crippen LogP contribution in [0.25, 0.3) is 0 Å². The summed E-state index contributed by atoms with van der Waals surface area (Å²) in [4.78, 5) is 6.93. The van der Waals surface area contributed by atoms with Gasteiger partial charge in [0.1, 0.15) is 5.82 Å². The van der Waals surface area contributed by atoms with Gasteiger partial charge in [-0.05, 0) is 37.3 Å². The molecule has 0 aliphatic carbocycles. The summed E-state index contributed by atoms with van der Waals surface area (Å²) in [5, 5.41) is 3.40. The number of nitrogens with one attached hydrogen (secondary N) is 1. The maximum Gasteiger partial charge on any atom is 0.128 e. The van der Waals surface area contributed by atoms with Crippen LogP contribution >= 0.6 is 0 Å². The Bertz CT molecular complexity index is 360. The molecule has 0 spiro atoms. The van der Waals surface area contributed by atoms with Crippen LogP contribution in [-0.4, -0.2) is 38.3 Å². The average Bonchev–Trinajstić information content (AvgIpc) is 2.47. The minimum absolute atomic E-state index is 0.506. The second-order valence-electron chi connectivity index (χ2n) is 5.39. The van der Waals surface area contributed by atoms with Crippen molar-refractivity contribution in [3.63, 3.8) is 0 Å². The summed E-state index contributed by atoms with van der Waals surface area (Å²) in [5.74, 6) is 1.61. The van der Waals surface area contributed by atoms with Gasteiger partial charge in [0.2, 0.25) is 0 Å². The van der Waals surface area contributed by atoms with E-state index < -0.39 is 0 Å². The van der Waals surface area contributed by atoms with Crippen molar-refractivity contribution in [2.75, 3.05) is 43.6 Å². The Labute approximate surface area is 116 Å². The minimum atomic E-state index is 0.506. The first kappa shape index (κ1) is 14.1. The average molecular weight is 263 g/mol. The van der Waals surface area contributed by atoms with E-state index in [1.165, 1.54) is 19.3 Å². The summed E-state index contributed by atoms with van der Waals surface area (Å²) < 4.78 is 5.13. The van der Waals surface area contributed by atoms with E-state index in [2.05, 4.69) is 34.3 Å². The molecular formula is C15H25N3O. The van der Waals surface area contributed by atoms with Gasteiger partial charge in [-0.25, -0.2) is 4.98 Å². The van der Waals surface area contributed by atoms with Crippen LogP contribution in [0.4, 0.5) is 11.5 Å². The van der Waals surface area contributed by atoms with Crippen molar-refractivity contribution >= 4 is 11.5 Å². The first-order chi connectivity index (χ1) is 9.29. The van der Waals surface area contributed by atoms with Crippen LogP contribution in [0.15, 0.2) is 18.3 Å². The fraction of sp³-hybridized carbons (Fsp3) is 0.667. The molecular weight excluding hydrogens is 238 g/mol. The highest BCUT2D eigenvalue weighted by atomic mass is 16.5. The lowest BCUT2D eigenvalue weighted by atomic mass is 10.1. The Morgan fingerprint density at radius 2 is 2.11 bits per heavy atom. The van der Waals surface area contributed by atoms with Crippen molar-refractivity contribution in [3.8, 4) is 0 Å². The summed E-state index contributed by atoms with van der Waals surface area (Å²) in [6.45, 7) is 6.16. The van der Waals surface area contributed by atoms with Gasteiger partial charge >= 0.3 is 0 Å². The standard InChI is InChI=1S/C15H25N3O/c1-13(12-19-2)10-16-14-6-7-15(17-11-14)18-8-4-3-5-9-18/h6-7,11,13,16H,3-5,8-10,12H2,1-2H3. The van der Waals surface area contributed by atoms with Gasteiger partial charge in [0.25, 0.3) is 0 Å². The van der Waals surface area contributed by atoms with Crippen LogP contribution in [-0.2, 0) is 4.74 Å².